The molecule has 1 heterocycles. The molecule has 2 rings (SSSR count). The number of benzene rings is 1. The predicted molar refractivity (Wildman–Crippen MR) is 84.0 cm³/mol. The van der Waals surface area contributed by atoms with Gasteiger partial charge in [0, 0.05) is 31.1 Å². The van der Waals surface area contributed by atoms with E-state index in [0.717, 1.165) is 23.2 Å². The van der Waals surface area contributed by atoms with Crippen molar-refractivity contribution < 1.29 is 8.42 Å². The molecule has 1 aromatic heterocycles. The van der Waals surface area contributed by atoms with Gasteiger partial charge >= 0.3 is 0 Å². The maximum Gasteiger partial charge on any atom is 0.177 e. The van der Waals surface area contributed by atoms with Crippen molar-refractivity contribution >= 4 is 21.2 Å². The quantitative estimate of drug-likeness (QED) is 0.838. The fourth-order valence-corrected chi connectivity index (χ4v) is 3.11. The van der Waals surface area contributed by atoms with E-state index >= 15 is 0 Å². The Hall–Kier alpha value is -2.02. The van der Waals surface area contributed by atoms with Crippen molar-refractivity contribution in [3.8, 4) is 0 Å². The molecule has 21 heavy (non-hydrogen) atoms. The molecule has 0 aliphatic rings. The van der Waals surface area contributed by atoms with Crippen LogP contribution in [-0.4, -0.2) is 24.5 Å². The molecule has 2 aromatic rings. The molecule has 0 radical (unpaired) electrons. The van der Waals surface area contributed by atoms with Gasteiger partial charge in [0.25, 0.3) is 0 Å². The summed E-state index contributed by atoms with van der Waals surface area (Å²) in [5.41, 5.74) is 9.91. The lowest BCUT2D eigenvalue weighted by atomic mass is 10.2. The standard InChI is InChI=1S/C14H20N4O2S/c1-9-11(10(2)18(3)17-9)8-16-12-6-5-7-13(14(12)15)21(4,19)20/h5-7,16H,8,15H2,1-4H3. The highest BCUT2D eigenvalue weighted by Gasteiger charge is 2.15. The number of aromatic nitrogens is 2. The first-order valence-electron chi connectivity index (χ1n) is 6.53. The molecule has 0 fully saturated rings. The zero-order chi connectivity index (χ0) is 15.8. The number of hydrogen-bond acceptors (Lipinski definition) is 5. The Morgan fingerprint density at radius 3 is 2.52 bits per heavy atom. The Morgan fingerprint density at radius 2 is 2.00 bits per heavy atom. The van der Waals surface area contributed by atoms with E-state index in [1.807, 2.05) is 25.6 Å². The van der Waals surface area contributed by atoms with Crippen LogP contribution in [0.15, 0.2) is 23.1 Å². The minimum Gasteiger partial charge on any atom is -0.396 e. The molecule has 1 aromatic carbocycles. The summed E-state index contributed by atoms with van der Waals surface area (Å²) in [5.74, 6) is 0. The van der Waals surface area contributed by atoms with Crippen LogP contribution in [0, 0.1) is 13.8 Å². The molecule has 3 N–H and O–H groups in total. The Bertz CT molecular complexity index is 779. The highest BCUT2D eigenvalue weighted by Crippen LogP contribution is 2.27. The number of hydrogen-bond donors (Lipinski definition) is 2. The third-order valence-electron chi connectivity index (χ3n) is 3.58. The monoisotopic (exact) mass is 308 g/mol. The summed E-state index contributed by atoms with van der Waals surface area (Å²) < 4.78 is 25.2. The number of aryl methyl sites for hydroxylation is 2. The average molecular weight is 308 g/mol. The molecule has 0 aliphatic heterocycles. The lowest BCUT2D eigenvalue weighted by molar-refractivity contribution is 0.602. The summed E-state index contributed by atoms with van der Waals surface area (Å²) in [6, 6.07) is 4.96. The van der Waals surface area contributed by atoms with Gasteiger partial charge in [-0.05, 0) is 26.0 Å². The summed E-state index contributed by atoms with van der Waals surface area (Å²) in [5, 5.41) is 7.55. The van der Waals surface area contributed by atoms with Crippen molar-refractivity contribution in [2.45, 2.75) is 25.3 Å². The smallest absolute Gasteiger partial charge is 0.177 e. The molecular formula is C14H20N4O2S. The van der Waals surface area contributed by atoms with Gasteiger partial charge in [0.05, 0.1) is 22.0 Å². The van der Waals surface area contributed by atoms with Gasteiger partial charge in [-0.25, -0.2) is 8.42 Å². The van der Waals surface area contributed by atoms with Gasteiger partial charge in [0.15, 0.2) is 9.84 Å². The van der Waals surface area contributed by atoms with Crippen molar-refractivity contribution in [2.75, 3.05) is 17.3 Å². The van der Waals surface area contributed by atoms with E-state index in [1.165, 1.54) is 6.07 Å². The van der Waals surface area contributed by atoms with E-state index in [2.05, 4.69) is 10.4 Å². The first-order chi connectivity index (χ1) is 9.71. The Kier molecular flexibility index (Phi) is 3.95. The number of sulfone groups is 1. The average Bonchev–Trinajstić information content (AvgIpc) is 2.61. The molecule has 114 valence electrons. The second-order valence-corrected chi connectivity index (χ2v) is 7.10. The molecule has 0 atom stereocenters. The van der Waals surface area contributed by atoms with Gasteiger partial charge in [-0.15, -0.1) is 0 Å². The van der Waals surface area contributed by atoms with E-state index in [9.17, 15) is 8.42 Å². The van der Waals surface area contributed by atoms with Crippen LogP contribution in [0.5, 0.6) is 0 Å². The molecular weight excluding hydrogens is 288 g/mol. The van der Waals surface area contributed by atoms with Crippen molar-refractivity contribution in [3.63, 3.8) is 0 Å². The fraction of sp³-hybridized carbons (Fsp3) is 0.357. The molecule has 6 nitrogen and oxygen atoms in total. The van der Waals surface area contributed by atoms with Gasteiger partial charge in [-0.2, -0.15) is 5.10 Å². The Balaban J connectivity index is 2.29. The lowest BCUT2D eigenvalue weighted by Gasteiger charge is -2.12. The Morgan fingerprint density at radius 1 is 1.33 bits per heavy atom. The number of rotatable bonds is 4. The highest BCUT2D eigenvalue weighted by molar-refractivity contribution is 7.90. The van der Waals surface area contributed by atoms with Crippen molar-refractivity contribution in [3.05, 3.63) is 35.2 Å². The predicted octanol–water partition coefficient (Wildman–Crippen LogP) is 1.63. The second-order valence-electron chi connectivity index (χ2n) is 5.12. The molecule has 0 amide bonds. The summed E-state index contributed by atoms with van der Waals surface area (Å²) in [6.07, 6.45) is 1.15. The number of nitrogen functional groups attached to an aromatic ring is 1. The lowest BCUT2D eigenvalue weighted by Crippen LogP contribution is -2.08. The summed E-state index contributed by atoms with van der Waals surface area (Å²) in [4.78, 5) is 0.145. The van der Waals surface area contributed by atoms with Gasteiger partial charge in [0.1, 0.15) is 0 Å². The number of nitrogens with zero attached hydrogens (tertiary/aromatic N) is 2. The van der Waals surface area contributed by atoms with Crippen LogP contribution in [0.2, 0.25) is 0 Å². The van der Waals surface area contributed by atoms with Crippen LogP contribution in [0.3, 0.4) is 0 Å². The first kappa shape index (κ1) is 15.4. The molecule has 7 heteroatoms. The number of para-hydroxylation sites is 1. The van der Waals surface area contributed by atoms with E-state index in [1.54, 1.807) is 12.1 Å². The van der Waals surface area contributed by atoms with Crippen LogP contribution in [0.25, 0.3) is 0 Å². The topological polar surface area (TPSA) is 90.0 Å². The maximum absolute atomic E-state index is 11.7. The Labute approximate surface area is 124 Å². The van der Waals surface area contributed by atoms with Crippen LogP contribution in [0.1, 0.15) is 17.0 Å². The van der Waals surface area contributed by atoms with Gasteiger partial charge in [0.2, 0.25) is 0 Å². The van der Waals surface area contributed by atoms with Crippen LogP contribution in [0.4, 0.5) is 11.4 Å². The summed E-state index contributed by atoms with van der Waals surface area (Å²) in [6.45, 7) is 4.48. The molecule has 0 bridgehead atoms. The van der Waals surface area contributed by atoms with E-state index in [4.69, 9.17) is 5.73 Å². The fourth-order valence-electron chi connectivity index (χ4n) is 2.28. The van der Waals surface area contributed by atoms with E-state index in [0.29, 0.717) is 12.2 Å². The highest BCUT2D eigenvalue weighted by atomic mass is 32.2. The molecule has 0 saturated heterocycles. The maximum atomic E-state index is 11.7. The van der Waals surface area contributed by atoms with Crippen molar-refractivity contribution in [1.29, 1.82) is 0 Å². The third kappa shape index (κ3) is 3.02. The van der Waals surface area contributed by atoms with Gasteiger partial charge in [-0.3, -0.25) is 4.68 Å². The van der Waals surface area contributed by atoms with Gasteiger partial charge in [-0.1, -0.05) is 6.07 Å². The minimum atomic E-state index is -3.33. The zero-order valence-corrected chi connectivity index (χ0v) is 13.5. The number of nitrogens with one attached hydrogen (secondary N) is 1. The van der Waals surface area contributed by atoms with Gasteiger partial charge < -0.3 is 11.1 Å². The summed E-state index contributed by atoms with van der Waals surface area (Å²) >= 11 is 0. The normalized spacial score (nSPS) is 11.6. The number of anilines is 2. The number of nitrogens with two attached hydrogens (primary N) is 1. The largest absolute Gasteiger partial charge is 0.396 e. The molecule has 0 saturated carbocycles. The van der Waals surface area contributed by atoms with E-state index < -0.39 is 9.84 Å². The second kappa shape index (κ2) is 5.40. The third-order valence-corrected chi connectivity index (χ3v) is 4.74. The SMILES string of the molecule is Cc1nn(C)c(C)c1CNc1cccc(S(C)(=O)=O)c1N. The zero-order valence-electron chi connectivity index (χ0n) is 12.6. The van der Waals surface area contributed by atoms with Crippen LogP contribution in [-0.2, 0) is 23.4 Å². The van der Waals surface area contributed by atoms with Crippen molar-refractivity contribution in [2.24, 2.45) is 7.05 Å². The molecule has 0 aliphatic carbocycles. The first-order valence-corrected chi connectivity index (χ1v) is 8.42. The molecule has 0 spiro atoms. The van der Waals surface area contributed by atoms with Crippen molar-refractivity contribution in [1.82, 2.24) is 9.78 Å². The minimum absolute atomic E-state index is 0.145. The van der Waals surface area contributed by atoms with Crippen LogP contribution < -0.4 is 11.1 Å². The van der Waals surface area contributed by atoms with E-state index in [-0.39, 0.29) is 10.6 Å². The molecule has 0 unspecified atom stereocenters. The summed E-state index contributed by atoms with van der Waals surface area (Å²) in [7, 11) is -1.44. The van der Waals surface area contributed by atoms with Crippen LogP contribution >= 0.6 is 0 Å².